The highest BCUT2D eigenvalue weighted by molar-refractivity contribution is 6.02. The van der Waals surface area contributed by atoms with Crippen LogP contribution in [0.5, 0.6) is 0 Å². The standard InChI is InChI=1S/C13H20O5/c1-3-11(14)10(13(16)18-4-2)7-12(15)9-5-6-17-8-9/h9-10H,3-8H2,1-2H3. The Morgan fingerprint density at radius 3 is 2.56 bits per heavy atom. The van der Waals surface area contributed by atoms with Crippen molar-refractivity contribution in [3.05, 3.63) is 0 Å². The molecular weight excluding hydrogens is 236 g/mol. The lowest BCUT2D eigenvalue weighted by Crippen LogP contribution is -2.30. The molecule has 1 rings (SSSR count). The Morgan fingerprint density at radius 2 is 2.06 bits per heavy atom. The molecule has 5 heteroatoms. The van der Waals surface area contributed by atoms with Crippen LogP contribution in [0.4, 0.5) is 0 Å². The van der Waals surface area contributed by atoms with Crippen molar-refractivity contribution in [1.29, 1.82) is 0 Å². The van der Waals surface area contributed by atoms with Crippen molar-refractivity contribution in [3.8, 4) is 0 Å². The number of hydrogen-bond acceptors (Lipinski definition) is 5. The SMILES string of the molecule is CCOC(=O)C(CC(=O)C1CCOC1)C(=O)CC. The summed E-state index contributed by atoms with van der Waals surface area (Å²) >= 11 is 0. The molecule has 1 aliphatic rings. The average Bonchev–Trinajstić information content (AvgIpc) is 2.88. The molecule has 0 saturated carbocycles. The molecule has 1 saturated heterocycles. The third-order valence-corrected chi connectivity index (χ3v) is 3.10. The van der Waals surface area contributed by atoms with E-state index in [0.717, 1.165) is 0 Å². The lowest BCUT2D eigenvalue weighted by atomic mass is 9.90. The predicted molar refractivity (Wildman–Crippen MR) is 64.0 cm³/mol. The molecule has 0 aromatic rings. The van der Waals surface area contributed by atoms with Crippen molar-refractivity contribution in [2.45, 2.75) is 33.1 Å². The van der Waals surface area contributed by atoms with Gasteiger partial charge in [-0.1, -0.05) is 6.92 Å². The number of ether oxygens (including phenoxy) is 2. The highest BCUT2D eigenvalue weighted by Crippen LogP contribution is 2.19. The molecule has 1 heterocycles. The van der Waals surface area contributed by atoms with Gasteiger partial charge in [0.15, 0.2) is 0 Å². The summed E-state index contributed by atoms with van der Waals surface area (Å²) in [6.45, 7) is 4.54. The molecule has 0 aliphatic carbocycles. The van der Waals surface area contributed by atoms with Gasteiger partial charge in [0.2, 0.25) is 0 Å². The molecule has 5 nitrogen and oxygen atoms in total. The van der Waals surface area contributed by atoms with Crippen LogP contribution in [-0.2, 0) is 23.9 Å². The third kappa shape index (κ3) is 3.91. The zero-order chi connectivity index (χ0) is 13.5. The van der Waals surface area contributed by atoms with Crippen molar-refractivity contribution >= 4 is 17.5 Å². The van der Waals surface area contributed by atoms with Gasteiger partial charge in [-0.15, -0.1) is 0 Å². The monoisotopic (exact) mass is 256 g/mol. The average molecular weight is 256 g/mol. The molecule has 0 spiro atoms. The minimum Gasteiger partial charge on any atom is -0.465 e. The topological polar surface area (TPSA) is 69.7 Å². The first kappa shape index (κ1) is 14.8. The van der Waals surface area contributed by atoms with Crippen LogP contribution in [-0.4, -0.2) is 37.4 Å². The van der Waals surface area contributed by atoms with Crippen LogP contribution in [0.3, 0.4) is 0 Å². The van der Waals surface area contributed by atoms with Crippen molar-refractivity contribution in [2.24, 2.45) is 11.8 Å². The molecule has 0 N–H and O–H groups in total. The molecule has 2 atom stereocenters. The Labute approximate surface area is 107 Å². The maximum absolute atomic E-state index is 11.9. The van der Waals surface area contributed by atoms with Crippen molar-refractivity contribution in [1.82, 2.24) is 0 Å². The van der Waals surface area contributed by atoms with E-state index in [0.29, 0.717) is 19.6 Å². The predicted octanol–water partition coefficient (Wildman–Crippen LogP) is 1.14. The van der Waals surface area contributed by atoms with Crippen LogP contribution in [0.1, 0.15) is 33.1 Å². The zero-order valence-corrected chi connectivity index (χ0v) is 10.9. The molecule has 0 radical (unpaired) electrons. The van der Waals surface area contributed by atoms with Crippen molar-refractivity contribution < 1.29 is 23.9 Å². The van der Waals surface area contributed by atoms with Gasteiger partial charge in [0, 0.05) is 25.4 Å². The quantitative estimate of drug-likeness (QED) is 0.504. The lowest BCUT2D eigenvalue weighted by Gasteiger charge is -2.14. The van der Waals surface area contributed by atoms with Gasteiger partial charge in [0.1, 0.15) is 17.5 Å². The lowest BCUT2D eigenvalue weighted by molar-refractivity contribution is -0.153. The van der Waals surface area contributed by atoms with E-state index >= 15 is 0 Å². The minimum absolute atomic E-state index is 0.0560. The van der Waals surface area contributed by atoms with E-state index in [1.165, 1.54) is 0 Å². The van der Waals surface area contributed by atoms with Gasteiger partial charge < -0.3 is 9.47 Å². The highest BCUT2D eigenvalue weighted by atomic mass is 16.5. The van der Waals surface area contributed by atoms with E-state index in [1.54, 1.807) is 13.8 Å². The summed E-state index contributed by atoms with van der Waals surface area (Å²) in [5, 5.41) is 0. The molecule has 0 aromatic carbocycles. The number of ketones is 2. The fraction of sp³-hybridized carbons (Fsp3) is 0.769. The molecule has 0 bridgehead atoms. The summed E-state index contributed by atoms with van der Waals surface area (Å²) in [5.74, 6) is -2.01. The molecule has 0 amide bonds. The molecule has 2 unspecified atom stereocenters. The van der Waals surface area contributed by atoms with Gasteiger partial charge >= 0.3 is 5.97 Å². The second-order valence-electron chi connectivity index (χ2n) is 4.36. The number of carbonyl (C=O) groups excluding carboxylic acids is 3. The molecule has 0 aromatic heterocycles. The van der Waals surface area contributed by atoms with Crippen LogP contribution >= 0.6 is 0 Å². The smallest absolute Gasteiger partial charge is 0.316 e. The van der Waals surface area contributed by atoms with Gasteiger partial charge in [-0.3, -0.25) is 14.4 Å². The van der Waals surface area contributed by atoms with Crippen molar-refractivity contribution in [3.63, 3.8) is 0 Å². The van der Waals surface area contributed by atoms with Gasteiger partial charge in [-0.25, -0.2) is 0 Å². The fourth-order valence-electron chi connectivity index (χ4n) is 1.97. The summed E-state index contributed by atoms with van der Waals surface area (Å²) in [6.07, 6.45) is 0.853. The second kappa shape index (κ2) is 7.26. The van der Waals surface area contributed by atoms with E-state index in [9.17, 15) is 14.4 Å². The molecule has 102 valence electrons. The van der Waals surface area contributed by atoms with Gasteiger partial charge in [-0.05, 0) is 13.3 Å². The van der Waals surface area contributed by atoms with E-state index in [4.69, 9.17) is 9.47 Å². The Bertz CT molecular complexity index is 317. The Morgan fingerprint density at radius 1 is 1.33 bits per heavy atom. The molecular formula is C13H20O5. The first-order valence-corrected chi connectivity index (χ1v) is 6.39. The largest absolute Gasteiger partial charge is 0.465 e. The maximum atomic E-state index is 11.9. The fourth-order valence-corrected chi connectivity index (χ4v) is 1.97. The summed E-state index contributed by atoms with van der Waals surface area (Å²) in [5.41, 5.74) is 0. The van der Waals surface area contributed by atoms with E-state index in [-0.39, 0.29) is 36.9 Å². The maximum Gasteiger partial charge on any atom is 0.316 e. The normalized spacial score (nSPS) is 20.4. The van der Waals surface area contributed by atoms with Gasteiger partial charge in [0.25, 0.3) is 0 Å². The first-order valence-electron chi connectivity index (χ1n) is 6.39. The number of esters is 1. The Kier molecular flexibility index (Phi) is 5.98. The summed E-state index contributed by atoms with van der Waals surface area (Å²) in [7, 11) is 0. The van der Waals surface area contributed by atoms with Crippen LogP contribution in [0.15, 0.2) is 0 Å². The zero-order valence-electron chi connectivity index (χ0n) is 10.9. The number of carbonyl (C=O) groups is 3. The molecule has 1 fully saturated rings. The summed E-state index contributed by atoms with van der Waals surface area (Å²) in [4.78, 5) is 35.3. The molecule has 1 aliphatic heterocycles. The van der Waals surface area contributed by atoms with Crippen LogP contribution in [0, 0.1) is 11.8 Å². The van der Waals surface area contributed by atoms with Crippen LogP contribution < -0.4 is 0 Å². The van der Waals surface area contributed by atoms with Gasteiger partial charge in [-0.2, -0.15) is 0 Å². The summed E-state index contributed by atoms with van der Waals surface area (Å²) in [6, 6.07) is 0. The van der Waals surface area contributed by atoms with Crippen molar-refractivity contribution in [2.75, 3.05) is 19.8 Å². The third-order valence-electron chi connectivity index (χ3n) is 3.10. The number of Topliss-reactive ketones (excluding diaryl/α,β-unsaturated/α-hetero) is 2. The Hall–Kier alpha value is -1.23. The minimum atomic E-state index is -0.942. The van der Waals surface area contributed by atoms with E-state index in [1.807, 2.05) is 0 Å². The molecule has 18 heavy (non-hydrogen) atoms. The number of hydrogen-bond donors (Lipinski definition) is 0. The van der Waals surface area contributed by atoms with E-state index in [2.05, 4.69) is 0 Å². The Balaban J connectivity index is 2.62. The highest BCUT2D eigenvalue weighted by Gasteiger charge is 2.33. The van der Waals surface area contributed by atoms with Gasteiger partial charge in [0.05, 0.1) is 13.2 Å². The van der Waals surface area contributed by atoms with Crippen LogP contribution in [0.25, 0.3) is 0 Å². The van der Waals surface area contributed by atoms with E-state index < -0.39 is 11.9 Å². The van der Waals surface area contributed by atoms with Crippen LogP contribution in [0.2, 0.25) is 0 Å². The second-order valence-corrected chi connectivity index (χ2v) is 4.36. The first-order chi connectivity index (χ1) is 8.60. The summed E-state index contributed by atoms with van der Waals surface area (Å²) < 4.78 is 9.98. The number of rotatable bonds is 7.